The Hall–Kier alpha value is -3.73. The first-order chi connectivity index (χ1) is 22.1. The maximum Gasteiger partial charge on any atom is 0.427 e. The molecule has 2 atom stereocenters. The minimum absolute atomic E-state index is 0.0233. The van der Waals surface area contributed by atoms with E-state index in [9.17, 15) is 35.9 Å². The Kier molecular flexibility index (Phi) is 7.39. The predicted molar refractivity (Wildman–Crippen MR) is 163 cm³/mol. The number of thiazole rings is 1. The number of fused-ring (bicyclic) bond motifs is 2. The quantitative estimate of drug-likeness (QED) is 0.209. The minimum atomic E-state index is -4.69. The van der Waals surface area contributed by atoms with E-state index in [1.54, 1.807) is 43.1 Å². The maximum atomic E-state index is 14.5. The Labute approximate surface area is 271 Å². The molecule has 0 aliphatic heterocycles. The molecule has 0 unspecified atom stereocenters. The number of carbonyl (C=O) groups is 1. The van der Waals surface area contributed by atoms with Gasteiger partial charge in [-0.15, -0.1) is 11.3 Å². The molecular formula is C31H30F4N6O4S2. The van der Waals surface area contributed by atoms with Crippen LogP contribution in [0.5, 0.6) is 0 Å². The number of aromatic nitrogens is 5. The lowest BCUT2D eigenvalue weighted by Gasteiger charge is -2.52. The van der Waals surface area contributed by atoms with E-state index in [1.807, 2.05) is 0 Å². The van der Waals surface area contributed by atoms with E-state index in [0.717, 1.165) is 0 Å². The van der Waals surface area contributed by atoms with Crippen LogP contribution in [-0.2, 0) is 29.7 Å². The molecule has 3 aliphatic carbocycles. The third-order valence-corrected chi connectivity index (χ3v) is 12.4. The number of aryl methyl sites for hydroxylation is 1. The number of aliphatic hydroxyl groups is 1. The second-order valence-electron chi connectivity index (χ2n) is 12.8. The highest BCUT2D eigenvalue weighted by molar-refractivity contribution is 7.89. The van der Waals surface area contributed by atoms with E-state index in [2.05, 4.69) is 15.2 Å². The van der Waals surface area contributed by atoms with Gasteiger partial charge in [-0.3, -0.25) is 9.48 Å². The average Bonchev–Trinajstić information content (AvgIpc) is 3.75. The molecule has 1 aromatic carbocycles. The van der Waals surface area contributed by atoms with Crippen molar-refractivity contribution in [3.63, 3.8) is 0 Å². The second kappa shape index (κ2) is 10.9. The van der Waals surface area contributed by atoms with Gasteiger partial charge >= 0.3 is 6.18 Å². The molecule has 7 rings (SSSR count). The Morgan fingerprint density at radius 3 is 2.45 bits per heavy atom. The van der Waals surface area contributed by atoms with E-state index in [-0.39, 0.29) is 53.5 Å². The van der Waals surface area contributed by atoms with Crippen LogP contribution >= 0.6 is 11.3 Å². The number of ketones is 1. The van der Waals surface area contributed by atoms with Crippen LogP contribution in [0.3, 0.4) is 0 Å². The third-order valence-electron chi connectivity index (χ3n) is 9.42. The maximum absolute atomic E-state index is 14.5. The number of hydrogen-bond acceptors (Lipinski definition) is 8. The average molecular weight is 691 g/mol. The summed E-state index contributed by atoms with van der Waals surface area (Å²) in [6.45, 7) is 1.63. The van der Waals surface area contributed by atoms with Crippen LogP contribution in [0.2, 0.25) is 0 Å². The monoisotopic (exact) mass is 690 g/mol. The number of hydrogen-bond donors (Lipinski definition) is 1. The lowest BCUT2D eigenvalue weighted by atomic mass is 9.60. The number of benzene rings is 1. The smallest absolute Gasteiger partial charge is 0.390 e. The van der Waals surface area contributed by atoms with Crippen molar-refractivity contribution in [1.82, 2.24) is 28.9 Å². The first-order valence-corrected chi connectivity index (χ1v) is 17.2. The van der Waals surface area contributed by atoms with E-state index in [4.69, 9.17) is 0 Å². The van der Waals surface area contributed by atoms with Crippen molar-refractivity contribution in [3.05, 3.63) is 81.5 Å². The molecule has 0 saturated heterocycles. The summed E-state index contributed by atoms with van der Waals surface area (Å²) < 4.78 is 87.2. The molecule has 10 nitrogen and oxygen atoms in total. The topological polar surface area (TPSA) is 123 Å². The van der Waals surface area contributed by atoms with Gasteiger partial charge in [-0.2, -0.15) is 27.7 Å². The number of carbonyl (C=O) groups excluding carboxylic acids is 1. The Bertz CT molecular complexity index is 2010. The van der Waals surface area contributed by atoms with Gasteiger partial charge in [-0.05, 0) is 87.4 Å². The zero-order chi connectivity index (χ0) is 33.5. The summed E-state index contributed by atoms with van der Waals surface area (Å²) in [7, 11) is -2.61. The predicted octanol–water partition coefficient (Wildman–Crippen LogP) is 5.19. The van der Waals surface area contributed by atoms with Gasteiger partial charge in [-0.1, -0.05) is 5.57 Å². The molecule has 3 heterocycles. The van der Waals surface area contributed by atoms with Gasteiger partial charge < -0.3 is 5.11 Å². The minimum Gasteiger partial charge on any atom is -0.390 e. The van der Waals surface area contributed by atoms with Gasteiger partial charge in [0.2, 0.25) is 5.78 Å². The molecule has 3 aromatic heterocycles. The van der Waals surface area contributed by atoms with Crippen molar-refractivity contribution < 1.29 is 35.9 Å². The van der Waals surface area contributed by atoms with E-state index < -0.39 is 55.8 Å². The van der Waals surface area contributed by atoms with E-state index >= 15 is 0 Å². The zero-order valence-electron chi connectivity index (χ0n) is 25.3. The van der Waals surface area contributed by atoms with Crippen LogP contribution in [-0.4, -0.2) is 65.8 Å². The number of nitrogens with zero attached hydrogens (tertiary/aromatic N) is 6. The molecule has 16 heteroatoms. The molecule has 0 bridgehead atoms. The summed E-state index contributed by atoms with van der Waals surface area (Å²) in [5.74, 6) is -1.04. The molecule has 4 aromatic rings. The molecule has 248 valence electrons. The summed E-state index contributed by atoms with van der Waals surface area (Å²) in [5.41, 5.74) is 0.00430. The van der Waals surface area contributed by atoms with Gasteiger partial charge in [-0.25, -0.2) is 22.5 Å². The molecule has 0 amide bonds. The Balaban J connectivity index is 1.33. The highest BCUT2D eigenvalue weighted by Crippen LogP contribution is 2.53. The van der Waals surface area contributed by atoms with E-state index in [0.29, 0.717) is 35.1 Å². The molecule has 47 heavy (non-hydrogen) atoms. The normalized spacial score (nSPS) is 26.0. The lowest BCUT2D eigenvalue weighted by molar-refractivity contribution is -0.134. The van der Waals surface area contributed by atoms with Crippen molar-refractivity contribution in [2.45, 2.75) is 74.3 Å². The molecule has 0 spiro atoms. The first kappa shape index (κ1) is 31.8. The number of halogens is 4. The molecule has 3 aliphatic rings. The van der Waals surface area contributed by atoms with Gasteiger partial charge in [0.15, 0.2) is 10.0 Å². The Morgan fingerprint density at radius 1 is 1.11 bits per heavy atom. The van der Waals surface area contributed by atoms with Crippen LogP contribution < -0.4 is 0 Å². The van der Waals surface area contributed by atoms with Crippen LogP contribution in [0.25, 0.3) is 11.8 Å². The van der Waals surface area contributed by atoms with Crippen LogP contribution in [0.15, 0.2) is 59.5 Å². The first-order valence-electron chi connectivity index (χ1n) is 14.9. The van der Waals surface area contributed by atoms with Crippen molar-refractivity contribution in [2.75, 3.05) is 0 Å². The summed E-state index contributed by atoms with van der Waals surface area (Å²) in [5, 5.41) is 18.7. The molecule has 2 saturated carbocycles. The largest absolute Gasteiger partial charge is 0.427 e. The number of alkyl halides is 3. The number of Topliss-reactive ketones (excluding diaryl/α,β-unsaturated/α-hetero) is 1. The van der Waals surface area contributed by atoms with Crippen molar-refractivity contribution >= 4 is 33.2 Å². The fourth-order valence-corrected chi connectivity index (χ4v) is 9.89. The number of rotatable bonds is 7. The highest BCUT2D eigenvalue weighted by atomic mass is 32.2. The van der Waals surface area contributed by atoms with Crippen LogP contribution in [0.4, 0.5) is 17.6 Å². The second-order valence-corrected chi connectivity index (χ2v) is 15.7. The SMILES string of the molecule is Cn1ccc(S(=O)(=O)N([C@H]2CCC3=Cc4c(cnn4-c4ccc(F)cc4)C[C@]3(C(=O)c3ncc(C(F)(F)F)s3)C2)[C@H]2C[C@](C)(O)C2)n1. The highest BCUT2D eigenvalue weighted by Gasteiger charge is 2.56. The molecular weight excluding hydrogens is 661 g/mol. The van der Waals surface area contributed by atoms with Gasteiger partial charge in [0.1, 0.15) is 10.7 Å². The fraction of sp³-hybridized carbons (Fsp3) is 0.419. The molecule has 2 fully saturated rings. The molecule has 0 radical (unpaired) electrons. The van der Waals surface area contributed by atoms with Crippen LogP contribution in [0, 0.1) is 11.2 Å². The lowest BCUT2D eigenvalue weighted by Crippen LogP contribution is -2.60. The third kappa shape index (κ3) is 5.44. The summed E-state index contributed by atoms with van der Waals surface area (Å²) in [4.78, 5) is 17.4. The van der Waals surface area contributed by atoms with Crippen molar-refractivity contribution in [2.24, 2.45) is 12.5 Å². The standard InChI is InChI=1S/C31H30F4N6O4S2/c1-29(43)13-23(14-29)41(47(44,45)26-9-10-39(2)38-26)22-6-3-19-11-24-18(16-37-40(24)21-7-4-20(32)5-8-21)12-30(19,15-22)27(42)28-36-17-25(46-28)31(33,34)35/h4-5,7-11,16-17,22-23,43H,3,6,12-15H2,1-2H3/t22-,23-,29-,30-/m0/s1. The zero-order valence-corrected chi connectivity index (χ0v) is 26.9. The van der Waals surface area contributed by atoms with Gasteiger partial charge in [0.05, 0.1) is 34.8 Å². The number of allylic oxidation sites excluding steroid dienone is 1. The fourth-order valence-electron chi connectivity index (χ4n) is 7.27. The summed E-state index contributed by atoms with van der Waals surface area (Å²) in [6.07, 6.45) is 1.79. The van der Waals surface area contributed by atoms with Gasteiger partial charge in [0, 0.05) is 25.3 Å². The van der Waals surface area contributed by atoms with E-state index in [1.165, 1.54) is 33.4 Å². The molecule has 1 N–H and O–H groups in total. The van der Waals surface area contributed by atoms with Gasteiger partial charge in [0.25, 0.3) is 10.0 Å². The summed E-state index contributed by atoms with van der Waals surface area (Å²) in [6, 6.07) is 5.80. The van der Waals surface area contributed by atoms with Crippen LogP contribution in [0.1, 0.15) is 65.0 Å². The van der Waals surface area contributed by atoms with Crippen molar-refractivity contribution in [3.8, 4) is 5.69 Å². The van der Waals surface area contributed by atoms with Crippen molar-refractivity contribution in [1.29, 1.82) is 0 Å². The summed E-state index contributed by atoms with van der Waals surface area (Å²) >= 11 is 0.266. The Morgan fingerprint density at radius 2 is 1.83 bits per heavy atom. The number of sulfonamides is 1.